The van der Waals surface area contributed by atoms with Crippen LogP contribution in [-0.4, -0.2) is 24.7 Å². The van der Waals surface area contributed by atoms with Crippen molar-refractivity contribution >= 4 is 5.91 Å². The Morgan fingerprint density at radius 2 is 2.00 bits per heavy atom. The number of carbonyl (C=O) groups is 1. The third-order valence-corrected chi connectivity index (χ3v) is 4.41. The molecule has 0 bridgehead atoms. The minimum absolute atomic E-state index is 0.00178. The molecule has 3 heteroatoms. The number of hydrogen-bond acceptors (Lipinski definition) is 2. The third kappa shape index (κ3) is 2.39. The molecule has 0 atom stereocenters. The van der Waals surface area contributed by atoms with Gasteiger partial charge in [0.05, 0.1) is 18.6 Å². The van der Waals surface area contributed by atoms with Gasteiger partial charge in [0.25, 0.3) is 0 Å². The maximum absolute atomic E-state index is 12.3. The second kappa shape index (κ2) is 4.34. The first-order valence-corrected chi connectivity index (χ1v) is 6.98. The van der Waals surface area contributed by atoms with Crippen LogP contribution in [0.25, 0.3) is 0 Å². The third-order valence-electron chi connectivity index (χ3n) is 4.41. The Balaban J connectivity index is 1.67. The summed E-state index contributed by atoms with van der Waals surface area (Å²) in [6.45, 7) is 5.22. The molecule has 1 N–H and O–H groups in total. The van der Waals surface area contributed by atoms with Gasteiger partial charge in [0.1, 0.15) is 0 Å². The Morgan fingerprint density at radius 3 is 2.53 bits per heavy atom. The highest BCUT2D eigenvalue weighted by Crippen LogP contribution is 2.40. The lowest BCUT2D eigenvalue weighted by Crippen LogP contribution is -2.55. The summed E-state index contributed by atoms with van der Waals surface area (Å²) in [4.78, 5) is 12.3. The van der Waals surface area contributed by atoms with E-state index in [9.17, 15) is 4.79 Å². The van der Waals surface area contributed by atoms with Gasteiger partial charge >= 0.3 is 0 Å². The van der Waals surface area contributed by atoms with Gasteiger partial charge in [0.15, 0.2) is 0 Å². The lowest BCUT2D eigenvalue weighted by molar-refractivity contribution is -0.158. The van der Waals surface area contributed by atoms with Gasteiger partial charge in [0, 0.05) is 5.54 Å². The van der Waals surface area contributed by atoms with Gasteiger partial charge in [-0.2, -0.15) is 0 Å². The van der Waals surface area contributed by atoms with Gasteiger partial charge in [-0.25, -0.2) is 0 Å². The molecule has 3 rings (SSSR count). The van der Waals surface area contributed by atoms with Gasteiger partial charge in [-0.1, -0.05) is 24.3 Å². The predicted molar refractivity (Wildman–Crippen MR) is 73.9 cm³/mol. The first-order chi connectivity index (χ1) is 9.03. The highest BCUT2D eigenvalue weighted by Gasteiger charge is 2.49. The molecule has 1 saturated carbocycles. The van der Waals surface area contributed by atoms with Crippen molar-refractivity contribution in [3.63, 3.8) is 0 Å². The van der Waals surface area contributed by atoms with Crippen LogP contribution in [0.4, 0.5) is 0 Å². The minimum atomic E-state index is -0.304. The van der Waals surface area contributed by atoms with E-state index in [2.05, 4.69) is 36.5 Å². The predicted octanol–water partition coefficient (Wildman–Crippen LogP) is 2.22. The Kier molecular flexibility index (Phi) is 2.90. The zero-order valence-electron chi connectivity index (χ0n) is 11.7. The zero-order chi connectivity index (χ0) is 13.5. The Bertz CT molecular complexity index is 501. The smallest absolute Gasteiger partial charge is 0.231 e. The molecule has 1 aliphatic heterocycles. The van der Waals surface area contributed by atoms with Crippen LogP contribution in [0.15, 0.2) is 24.3 Å². The molecule has 1 saturated heterocycles. The van der Waals surface area contributed by atoms with E-state index in [4.69, 9.17) is 4.74 Å². The number of carbonyl (C=O) groups excluding carboxylic acids is 1. The average Bonchev–Trinajstić information content (AvgIpc) is 3.09. The van der Waals surface area contributed by atoms with Crippen LogP contribution >= 0.6 is 0 Å². The summed E-state index contributed by atoms with van der Waals surface area (Å²) in [7, 11) is 0. The maximum atomic E-state index is 12.3. The van der Waals surface area contributed by atoms with E-state index in [1.165, 1.54) is 11.1 Å². The van der Waals surface area contributed by atoms with E-state index in [1.807, 2.05) is 6.92 Å². The van der Waals surface area contributed by atoms with Crippen molar-refractivity contribution in [2.75, 3.05) is 13.2 Å². The molecular weight excluding hydrogens is 238 g/mol. The molecule has 2 aliphatic rings. The number of ether oxygens (including phenoxy) is 1. The van der Waals surface area contributed by atoms with Gasteiger partial charge < -0.3 is 10.1 Å². The van der Waals surface area contributed by atoms with Gasteiger partial charge in [-0.05, 0) is 44.2 Å². The highest BCUT2D eigenvalue weighted by atomic mass is 16.5. The van der Waals surface area contributed by atoms with Crippen molar-refractivity contribution < 1.29 is 9.53 Å². The lowest BCUT2D eigenvalue weighted by Gasteiger charge is -2.37. The quantitative estimate of drug-likeness (QED) is 0.900. The van der Waals surface area contributed by atoms with Crippen molar-refractivity contribution in [1.82, 2.24) is 5.32 Å². The number of rotatable bonds is 4. The fourth-order valence-electron chi connectivity index (χ4n) is 2.60. The van der Waals surface area contributed by atoms with Crippen LogP contribution in [0.2, 0.25) is 0 Å². The minimum Gasteiger partial charge on any atom is -0.379 e. The molecule has 2 fully saturated rings. The normalized spacial score (nSPS) is 22.4. The molecular formula is C16H21NO2. The summed E-state index contributed by atoms with van der Waals surface area (Å²) in [5.41, 5.74) is 2.35. The molecule has 1 aromatic carbocycles. The summed E-state index contributed by atoms with van der Waals surface area (Å²) in [5.74, 6) is 0.157. The Hall–Kier alpha value is -1.35. The summed E-state index contributed by atoms with van der Waals surface area (Å²) >= 11 is 0. The van der Waals surface area contributed by atoms with E-state index < -0.39 is 0 Å². The van der Waals surface area contributed by atoms with E-state index >= 15 is 0 Å². The number of nitrogens with one attached hydrogen (secondary N) is 1. The summed E-state index contributed by atoms with van der Waals surface area (Å²) in [6.07, 6.45) is 3.12. The van der Waals surface area contributed by atoms with Crippen LogP contribution in [0, 0.1) is 12.3 Å². The molecule has 19 heavy (non-hydrogen) atoms. The number of amides is 1. The number of benzene rings is 1. The van der Waals surface area contributed by atoms with Crippen molar-refractivity contribution in [3.8, 4) is 0 Å². The summed E-state index contributed by atoms with van der Waals surface area (Å²) < 4.78 is 5.17. The lowest BCUT2D eigenvalue weighted by atomic mass is 9.86. The van der Waals surface area contributed by atoms with E-state index in [-0.39, 0.29) is 16.9 Å². The van der Waals surface area contributed by atoms with Gasteiger partial charge in [-0.3, -0.25) is 4.79 Å². The number of hydrogen-bond donors (Lipinski definition) is 1. The summed E-state index contributed by atoms with van der Waals surface area (Å²) in [6, 6.07) is 8.43. The first-order valence-electron chi connectivity index (χ1n) is 6.98. The number of aryl methyl sites for hydroxylation is 1. The SMILES string of the molecule is Cc1ccccc1CC1(NC(=O)C2(C)COC2)CC1. The van der Waals surface area contributed by atoms with Crippen LogP contribution in [-0.2, 0) is 16.0 Å². The molecule has 102 valence electrons. The van der Waals surface area contributed by atoms with Crippen molar-refractivity contribution in [1.29, 1.82) is 0 Å². The van der Waals surface area contributed by atoms with Gasteiger partial charge in [0.2, 0.25) is 5.91 Å². The zero-order valence-corrected chi connectivity index (χ0v) is 11.7. The fourth-order valence-corrected chi connectivity index (χ4v) is 2.60. The standard InChI is InChI=1S/C16H21NO2/c1-12-5-3-4-6-13(12)9-16(7-8-16)17-14(18)15(2)10-19-11-15/h3-6H,7-11H2,1-2H3,(H,17,18). The van der Waals surface area contributed by atoms with E-state index in [0.717, 1.165) is 19.3 Å². The van der Waals surface area contributed by atoms with Gasteiger partial charge in [-0.15, -0.1) is 0 Å². The van der Waals surface area contributed by atoms with Crippen LogP contribution < -0.4 is 5.32 Å². The molecule has 1 amide bonds. The fraction of sp³-hybridized carbons (Fsp3) is 0.562. The van der Waals surface area contributed by atoms with Crippen molar-refractivity contribution in [2.24, 2.45) is 5.41 Å². The van der Waals surface area contributed by atoms with Crippen LogP contribution in [0.3, 0.4) is 0 Å². The van der Waals surface area contributed by atoms with E-state index in [0.29, 0.717) is 13.2 Å². The second-order valence-electron chi connectivity index (χ2n) is 6.39. The van der Waals surface area contributed by atoms with Crippen LogP contribution in [0.1, 0.15) is 30.9 Å². The molecule has 1 aliphatic carbocycles. The largest absolute Gasteiger partial charge is 0.379 e. The van der Waals surface area contributed by atoms with Crippen LogP contribution in [0.5, 0.6) is 0 Å². The molecule has 1 aromatic rings. The topological polar surface area (TPSA) is 38.3 Å². The Labute approximate surface area is 114 Å². The molecule has 0 radical (unpaired) electrons. The Morgan fingerprint density at radius 1 is 1.32 bits per heavy atom. The monoisotopic (exact) mass is 259 g/mol. The first kappa shape index (κ1) is 12.7. The molecule has 3 nitrogen and oxygen atoms in total. The molecule has 0 spiro atoms. The van der Waals surface area contributed by atoms with E-state index in [1.54, 1.807) is 0 Å². The molecule has 1 heterocycles. The highest BCUT2D eigenvalue weighted by molar-refractivity contribution is 5.84. The molecule has 0 unspecified atom stereocenters. The van der Waals surface area contributed by atoms with Crippen molar-refractivity contribution in [2.45, 2.75) is 38.6 Å². The maximum Gasteiger partial charge on any atom is 0.231 e. The second-order valence-corrected chi connectivity index (χ2v) is 6.39. The molecule has 0 aromatic heterocycles. The average molecular weight is 259 g/mol. The van der Waals surface area contributed by atoms with Crippen molar-refractivity contribution in [3.05, 3.63) is 35.4 Å². The summed E-state index contributed by atoms with van der Waals surface area (Å²) in [5, 5.41) is 3.27.